The zero-order valence-corrected chi connectivity index (χ0v) is 7.89. The molecule has 2 fully saturated rings. The third-order valence-corrected chi connectivity index (χ3v) is 3.03. The third kappa shape index (κ3) is 1.39. The second-order valence-electron chi connectivity index (χ2n) is 3.74. The predicted octanol–water partition coefficient (Wildman–Crippen LogP) is 0.409. The summed E-state index contributed by atoms with van der Waals surface area (Å²) in [5.74, 6) is -0.774. The monoisotopic (exact) mass is 205 g/mol. The molecule has 2 aliphatic rings. The number of carbonyl (C=O) groups excluding carboxylic acids is 1. The highest BCUT2D eigenvalue weighted by atomic mass is 35.5. The molecule has 2 rings (SSSR count). The van der Waals surface area contributed by atoms with Crippen molar-refractivity contribution in [3.63, 3.8) is 0 Å². The van der Waals surface area contributed by atoms with Gasteiger partial charge in [-0.05, 0) is 19.3 Å². The van der Waals surface area contributed by atoms with Gasteiger partial charge in [0.2, 0.25) is 5.91 Å². The lowest BCUT2D eigenvalue weighted by atomic mass is 9.83. The van der Waals surface area contributed by atoms with Gasteiger partial charge in [0.25, 0.3) is 0 Å². The highest BCUT2D eigenvalue weighted by Crippen LogP contribution is 2.44. The van der Waals surface area contributed by atoms with Crippen molar-refractivity contribution < 1.29 is 14.7 Å². The van der Waals surface area contributed by atoms with Crippen LogP contribution in [0.15, 0.2) is 0 Å². The van der Waals surface area contributed by atoms with Crippen molar-refractivity contribution in [3.05, 3.63) is 0 Å². The van der Waals surface area contributed by atoms with Crippen LogP contribution in [-0.4, -0.2) is 23.5 Å². The minimum atomic E-state index is -0.759. The third-order valence-electron chi connectivity index (χ3n) is 3.03. The van der Waals surface area contributed by atoms with Gasteiger partial charge in [-0.25, -0.2) is 0 Å². The summed E-state index contributed by atoms with van der Waals surface area (Å²) in [5.41, 5.74) is -0.640. The topological polar surface area (TPSA) is 66.4 Å². The lowest BCUT2D eigenvalue weighted by Crippen LogP contribution is -2.47. The van der Waals surface area contributed by atoms with Crippen LogP contribution in [0.2, 0.25) is 0 Å². The molecule has 0 aromatic heterocycles. The second-order valence-corrected chi connectivity index (χ2v) is 3.74. The van der Waals surface area contributed by atoms with Crippen LogP contribution in [0, 0.1) is 11.3 Å². The van der Waals surface area contributed by atoms with Gasteiger partial charge in [-0.3, -0.25) is 9.59 Å². The molecule has 0 spiro atoms. The van der Waals surface area contributed by atoms with Crippen molar-refractivity contribution in [1.82, 2.24) is 5.32 Å². The SMILES string of the molecule is Cl.O=C1NCC2(C(=O)O)CCC1C2. The molecule has 1 saturated heterocycles. The van der Waals surface area contributed by atoms with Crippen LogP contribution in [0.3, 0.4) is 0 Å². The maximum Gasteiger partial charge on any atom is 0.311 e. The summed E-state index contributed by atoms with van der Waals surface area (Å²) in [6, 6.07) is 0. The standard InChI is InChI=1S/C8H11NO3.ClH/c10-6-5-1-2-8(3-5,4-9-6)7(11)12;/h5H,1-4H2,(H,9,10)(H,11,12);1H. The van der Waals surface area contributed by atoms with Crippen LogP contribution < -0.4 is 5.32 Å². The van der Waals surface area contributed by atoms with E-state index in [1.165, 1.54) is 0 Å². The van der Waals surface area contributed by atoms with E-state index >= 15 is 0 Å². The molecule has 5 heteroatoms. The minimum Gasteiger partial charge on any atom is -0.481 e. The molecule has 0 aromatic carbocycles. The molecular formula is C8H12ClNO3. The highest BCUT2D eigenvalue weighted by molar-refractivity contribution is 5.86. The summed E-state index contributed by atoms with van der Waals surface area (Å²) in [6.45, 7) is 0.317. The molecule has 1 saturated carbocycles. The Balaban J connectivity index is 0.000000845. The number of hydrogen-bond acceptors (Lipinski definition) is 2. The van der Waals surface area contributed by atoms with Crippen molar-refractivity contribution >= 4 is 24.3 Å². The van der Waals surface area contributed by atoms with E-state index in [1.54, 1.807) is 0 Å². The number of fused-ring (bicyclic) bond motifs is 2. The van der Waals surface area contributed by atoms with Crippen LogP contribution in [-0.2, 0) is 9.59 Å². The molecule has 1 heterocycles. The van der Waals surface area contributed by atoms with Crippen molar-refractivity contribution in [1.29, 1.82) is 0 Å². The summed E-state index contributed by atoms with van der Waals surface area (Å²) in [5, 5.41) is 11.6. The molecule has 13 heavy (non-hydrogen) atoms. The maximum absolute atomic E-state index is 11.1. The summed E-state index contributed by atoms with van der Waals surface area (Å²) < 4.78 is 0. The fraction of sp³-hybridized carbons (Fsp3) is 0.750. The molecule has 1 amide bonds. The van der Waals surface area contributed by atoms with Gasteiger partial charge in [-0.2, -0.15) is 0 Å². The molecule has 74 valence electrons. The number of piperidine rings is 1. The Hall–Kier alpha value is -0.770. The molecular weight excluding hydrogens is 194 g/mol. The molecule has 2 N–H and O–H groups in total. The molecule has 2 unspecified atom stereocenters. The van der Waals surface area contributed by atoms with E-state index in [1.807, 2.05) is 0 Å². The van der Waals surface area contributed by atoms with Gasteiger partial charge < -0.3 is 10.4 Å². The zero-order chi connectivity index (χ0) is 8.77. The largest absolute Gasteiger partial charge is 0.481 e. The van der Waals surface area contributed by atoms with Gasteiger partial charge in [0.1, 0.15) is 0 Å². The Morgan fingerprint density at radius 2 is 2.31 bits per heavy atom. The Morgan fingerprint density at radius 1 is 1.62 bits per heavy atom. The van der Waals surface area contributed by atoms with E-state index in [2.05, 4.69) is 5.32 Å². The molecule has 1 aliphatic heterocycles. The number of hydrogen-bond donors (Lipinski definition) is 2. The second kappa shape index (κ2) is 3.18. The van der Waals surface area contributed by atoms with Gasteiger partial charge in [0, 0.05) is 12.5 Å². The molecule has 2 atom stereocenters. The van der Waals surface area contributed by atoms with E-state index in [0.29, 0.717) is 19.4 Å². The first-order valence-corrected chi connectivity index (χ1v) is 4.15. The highest BCUT2D eigenvalue weighted by Gasteiger charge is 2.50. The quantitative estimate of drug-likeness (QED) is 0.652. The van der Waals surface area contributed by atoms with E-state index in [-0.39, 0.29) is 24.2 Å². The van der Waals surface area contributed by atoms with E-state index < -0.39 is 11.4 Å². The number of nitrogens with one attached hydrogen (secondary N) is 1. The van der Waals surface area contributed by atoms with Crippen LogP contribution in [0.1, 0.15) is 19.3 Å². The van der Waals surface area contributed by atoms with Crippen molar-refractivity contribution in [2.75, 3.05) is 6.54 Å². The van der Waals surface area contributed by atoms with Gasteiger partial charge >= 0.3 is 5.97 Å². The van der Waals surface area contributed by atoms with Crippen LogP contribution in [0.5, 0.6) is 0 Å². The Bertz CT molecular complexity index is 256. The maximum atomic E-state index is 11.1. The first kappa shape index (κ1) is 10.3. The van der Waals surface area contributed by atoms with Crippen molar-refractivity contribution in [3.8, 4) is 0 Å². The summed E-state index contributed by atoms with van der Waals surface area (Å²) >= 11 is 0. The number of halogens is 1. The number of amides is 1. The van der Waals surface area contributed by atoms with Gasteiger partial charge in [-0.1, -0.05) is 0 Å². The molecule has 0 radical (unpaired) electrons. The van der Waals surface area contributed by atoms with E-state index in [0.717, 1.165) is 6.42 Å². The van der Waals surface area contributed by atoms with Crippen molar-refractivity contribution in [2.45, 2.75) is 19.3 Å². The van der Waals surface area contributed by atoms with Crippen molar-refractivity contribution in [2.24, 2.45) is 11.3 Å². The van der Waals surface area contributed by atoms with Gasteiger partial charge in [-0.15, -0.1) is 12.4 Å². The number of carboxylic acid groups (broad SMARTS) is 1. The fourth-order valence-corrected chi connectivity index (χ4v) is 2.18. The number of carboxylic acids is 1. The summed E-state index contributed by atoms with van der Waals surface area (Å²) in [4.78, 5) is 22.0. The lowest BCUT2D eigenvalue weighted by Gasteiger charge is -2.28. The lowest BCUT2D eigenvalue weighted by molar-refractivity contribution is -0.150. The summed E-state index contributed by atoms with van der Waals surface area (Å²) in [7, 11) is 0. The molecule has 0 aromatic rings. The fourth-order valence-electron chi connectivity index (χ4n) is 2.18. The van der Waals surface area contributed by atoms with Crippen LogP contribution in [0.4, 0.5) is 0 Å². The normalized spacial score (nSPS) is 36.3. The smallest absolute Gasteiger partial charge is 0.311 e. The Labute approximate surface area is 82.1 Å². The molecule has 4 nitrogen and oxygen atoms in total. The Kier molecular flexibility index (Phi) is 2.52. The number of rotatable bonds is 1. The van der Waals surface area contributed by atoms with Gasteiger partial charge in [0.05, 0.1) is 5.41 Å². The Morgan fingerprint density at radius 3 is 2.92 bits per heavy atom. The first-order valence-electron chi connectivity index (χ1n) is 4.15. The molecule has 1 aliphatic carbocycles. The average molecular weight is 206 g/mol. The first-order chi connectivity index (χ1) is 5.64. The van der Waals surface area contributed by atoms with E-state index in [4.69, 9.17) is 5.11 Å². The van der Waals surface area contributed by atoms with Crippen LogP contribution >= 0.6 is 12.4 Å². The average Bonchev–Trinajstić information content (AvgIpc) is 2.40. The van der Waals surface area contributed by atoms with E-state index in [9.17, 15) is 9.59 Å². The minimum absolute atomic E-state index is 0. The number of aliphatic carboxylic acids is 1. The predicted molar refractivity (Wildman–Crippen MR) is 47.7 cm³/mol. The zero-order valence-electron chi connectivity index (χ0n) is 7.08. The van der Waals surface area contributed by atoms with Gasteiger partial charge in [0.15, 0.2) is 0 Å². The van der Waals surface area contributed by atoms with Crippen LogP contribution in [0.25, 0.3) is 0 Å². The molecule has 2 bridgehead atoms. The number of carbonyl (C=O) groups is 2. The summed E-state index contributed by atoms with van der Waals surface area (Å²) in [6.07, 6.45) is 1.91.